The van der Waals surface area contributed by atoms with Gasteiger partial charge in [-0.05, 0) is 48.4 Å². The number of hydrogen-bond acceptors (Lipinski definition) is 4. The summed E-state index contributed by atoms with van der Waals surface area (Å²) in [5.74, 6) is 0.722. The van der Waals surface area contributed by atoms with Crippen LogP contribution >= 0.6 is 0 Å². The van der Waals surface area contributed by atoms with Crippen LogP contribution in [0.2, 0.25) is 0 Å². The Hall–Kier alpha value is -3.41. The predicted octanol–water partition coefficient (Wildman–Crippen LogP) is 4.14. The van der Waals surface area contributed by atoms with Gasteiger partial charge in [0.2, 0.25) is 0 Å². The number of amides is 1. The Morgan fingerprint density at radius 1 is 1.07 bits per heavy atom. The lowest BCUT2D eigenvalue weighted by molar-refractivity contribution is 0.102. The summed E-state index contributed by atoms with van der Waals surface area (Å²) in [7, 11) is 1.53. The number of para-hydroxylation sites is 1. The molecule has 3 aromatic rings. The van der Waals surface area contributed by atoms with Gasteiger partial charge in [0.05, 0.1) is 24.6 Å². The highest BCUT2D eigenvalue weighted by Gasteiger charge is 2.11. The zero-order valence-electron chi connectivity index (χ0n) is 14.9. The highest BCUT2D eigenvalue weighted by atomic mass is 19.1. The van der Waals surface area contributed by atoms with E-state index in [1.54, 1.807) is 48.7 Å². The van der Waals surface area contributed by atoms with Gasteiger partial charge in [0.1, 0.15) is 17.4 Å². The molecule has 0 spiro atoms. The van der Waals surface area contributed by atoms with Crippen LogP contribution in [0.5, 0.6) is 5.75 Å². The second-order valence-electron chi connectivity index (χ2n) is 5.89. The first kappa shape index (κ1) is 18.4. The van der Waals surface area contributed by atoms with Gasteiger partial charge < -0.3 is 15.4 Å². The Bertz CT molecular complexity index is 896. The molecule has 0 radical (unpaired) electrons. The van der Waals surface area contributed by atoms with Gasteiger partial charge in [-0.2, -0.15) is 0 Å². The van der Waals surface area contributed by atoms with Crippen LogP contribution in [0.3, 0.4) is 0 Å². The number of nitrogens with one attached hydrogen (secondary N) is 2. The van der Waals surface area contributed by atoms with E-state index in [9.17, 15) is 9.18 Å². The molecule has 3 rings (SSSR count). The van der Waals surface area contributed by atoms with E-state index in [4.69, 9.17) is 4.74 Å². The molecule has 138 valence electrons. The van der Waals surface area contributed by atoms with Crippen molar-refractivity contribution >= 4 is 17.4 Å². The van der Waals surface area contributed by atoms with Crippen molar-refractivity contribution in [3.8, 4) is 5.75 Å². The van der Waals surface area contributed by atoms with E-state index in [0.29, 0.717) is 29.4 Å². The monoisotopic (exact) mass is 365 g/mol. The van der Waals surface area contributed by atoms with E-state index in [1.807, 2.05) is 6.07 Å². The summed E-state index contributed by atoms with van der Waals surface area (Å²) in [4.78, 5) is 16.7. The zero-order valence-corrected chi connectivity index (χ0v) is 14.9. The third-order valence-corrected chi connectivity index (χ3v) is 4.01. The molecule has 1 amide bonds. The van der Waals surface area contributed by atoms with E-state index in [-0.39, 0.29) is 11.7 Å². The fourth-order valence-electron chi connectivity index (χ4n) is 2.59. The number of methoxy groups -OCH3 is 1. The number of rotatable bonds is 7. The first-order chi connectivity index (χ1) is 13.2. The lowest BCUT2D eigenvalue weighted by Gasteiger charge is -2.10. The number of ether oxygens (including phenoxy) is 1. The minimum Gasteiger partial charge on any atom is -0.496 e. The Kier molecular flexibility index (Phi) is 5.99. The molecule has 0 aliphatic carbocycles. The Labute approximate surface area is 157 Å². The topological polar surface area (TPSA) is 63.2 Å². The largest absolute Gasteiger partial charge is 0.496 e. The molecular formula is C21H20FN3O2. The van der Waals surface area contributed by atoms with Gasteiger partial charge in [-0.25, -0.2) is 9.37 Å². The molecule has 0 fully saturated rings. The predicted molar refractivity (Wildman–Crippen MR) is 104 cm³/mol. The molecule has 2 aromatic carbocycles. The number of aromatic nitrogens is 1. The van der Waals surface area contributed by atoms with E-state index in [0.717, 1.165) is 12.0 Å². The fourth-order valence-corrected chi connectivity index (χ4v) is 2.59. The summed E-state index contributed by atoms with van der Waals surface area (Å²) in [5, 5.41) is 6.00. The van der Waals surface area contributed by atoms with Crippen LogP contribution in [0, 0.1) is 5.82 Å². The molecule has 0 saturated heterocycles. The summed E-state index contributed by atoms with van der Waals surface area (Å²) < 4.78 is 18.1. The summed E-state index contributed by atoms with van der Waals surface area (Å²) in [6.07, 6.45) is 2.35. The van der Waals surface area contributed by atoms with Crippen molar-refractivity contribution in [2.24, 2.45) is 0 Å². The average molecular weight is 365 g/mol. The fraction of sp³-hybridized carbons (Fsp3) is 0.143. The van der Waals surface area contributed by atoms with Crippen LogP contribution in [0.4, 0.5) is 15.9 Å². The van der Waals surface area contributed by atoms with Crippen LogP contribution in [0.25, 0.3) is 0 Å². The molecule has 27 heavy (non-hydrogen) atoms. The molecule has 0 aliphatic heterocycles. The van der Waals surface area contributed by atoms with E-state index in [2.05, 4.69) is 15.6 Å². The normalized spacial score (nSPS) is 10.3. The minimum absolute atomic E-state index is 0.237. The number of carbonyl (C=O) groups excluding carboxylic acids is 1. The van der Waals surface area contributed by atoms with Crippen LogP contribution in [-0.4, -0.2) is 24.5 Å². The molecular weight excluding hydrogens is 345 g/mol. The first-order valence-corrected chi connectivity index (χ1v) is 8.54. The Morgan fingerprint density at radius 2 is 1.85 bits per heavy atom. The number of pyridine rings is 1. The van der Waals surface area contributed by atoms with Gasteiger partial charge >= 0.3 is 0 Å². The van der Waals surface area contributed by atoms with Crippen molar-refractivity contribution in [1.82, 2.24) is 4.98 Å². The van der Waals surface area contributed by atoms with Gasteiger partial charge in [0, 0.05) is 6.54 Å². The maximum Gasteiger partial charge on any atom is 0.259 e. The third-order valence-electron chi connectivity index (χ3n) is 4.01. The lowest BCUT2D eigenvalue weighted by Crippen LogP contribution is -2.13. The molecule has 2 N–H and O–H groups in total. The van der Waals surface area contributed by atoms with Crippen molar-refractivity contribution in [3.05, 3.63) is 83.8 Å². The highest BCUT2D eigenvalue weighted by molar-refractivity contribution is 6.06. The minimum atomic E-state index is -0.258. The quantitative estimate of drug-likeness (QED) is 0.661. The summed E-state index contributed by atoms with van der Waals surface area (Å²) in [5.41, 5.74) is 2.10. The van der Waals surface area contributed by atoms with Crippen molar-refractivity contribution in [2.75, 3.05) is 24.3 Å². The molecule has 1 aromatic heterocycles. The summed E-state index contributed by atoms with van der Waals surface area (Å²) in [6.45, 7) is 0.672. The van der Waals surface area contributed by atoms with Gasteiger partial charge in [-0.15, -0.1) is 0 Å². The van der Waals surface area contributed by atoms with Crippen LogP contribution in [0.15, 0.2) is 66.9 Å². The number of halogens is 1. The third kappa shape index (κ3) is 5.04. The van der Waals surface area contributed by atoms with Crippen molar-refractivity contribution in [2.45, 2.75) is 6.42 Å². The maximum absolute atomic E-state index is 12.9. The van der Waals surface area contributed by atoms with E-state index < -0.39 is 0 Å². The molecule has 0 aliphatic rings. The summed E-state index contributed by atoms with van der Waals surface area (Å²) >= 11 is 0. The van der Waals surface area contributed by atoms with Crippen molar-refractivity contribution < 1.29 is 13.9 Å². The standard InChI is InChI=1S/C21H20FN3O2/c1-27-19-5-3-2-4-18(19)21(26)25-17-10-11-20(24-14-17)23-13-12-15-6-8-16(22)9-7-15/h2-11,14H,12-13H2,1H3,(H,23,24)(H,25,26). The average Bonchev–Trinajstić information content (AvgIpc) is 2.70. The molecule has 0 unspecified atom stereocenters. The second-order valence-corrected chi connectivity index (χ2v) is 5.89. The number of carbonyl (C=O) groups is 1. The van der Waals surface area contributed by atoms with Gasteiger partial charge in [-0.3, -0.25) is 4.79 Å². The van der Waals surface area contributed by atoms with Crippen LogP contribution in [-0.2, 0) is 6.42 Å². The van der Waals surface area contributed by atoms with Crippen molar-refractivity contribution in [3.63, 3.8) is 0 Å². The van der Waals surface area contributed by atoms with Crippen LogP contribution < -0.4 is 15.4 Å². The van der Waals surface area contributed by atoms with Crippen LogP contribution in [0.1, 0.15) is 15.9 Å². The molecule has 0 atom stereocenters. The van der Waals surface area contributed by atoms with Gasteiger partial charge in [-0.1, -0.05) is 24.3 Å². The maximum atomic E-state index is 12.9. The number of anilines is 2. The highest BCUT2D eigenvalue weighted by Crippen LogP contribution is 2.19. The molecule has 0 bridgehead atoms. The number of benzene rings is 2. The second kappa shape index (κ2) is 8.80. The lowest BCUT2D eigenvalue weighted by atomic mass is 10.1. The van der Waals surface area contributed by atoms with E-state index in [1.165, 1.54) is 19.2 Å². The van der Waals surface area contributed by atoms with E-state index >= 15 is 0 Å². The molecule has 1 heterocycles. The molecule has 0 saturated carbocycles. The smallest absolute Gasteiger partial charge is 0.259 e. The van der Waals surface area contributed by atoms with Gasteiger partial charge in [0.15, 0.2) is 0 Å². The summed E-state index contributed by atoms with van der Waals surface area (Å²) in [6, 6.07) is 17.0. The van der Waals surface area contributed by atoms with Gasteiger partial charge in [0.25, 0.3) is 5.91 Å². The Morgan fingerprint density at radius 3 is 2.56 bits per heavy atom. The SMILES string of the molecule is COc1ccccc1C(=O)Nc1ccc(NCCc2ccc(F)cc2)nc1. The molecule has 5 nitrogen and oxygen atoms in total. The van der Waals surface area contributed by atoms with Crippen molar-refractivity contribution in [1.29, 1.82) is 0 Å². The molecule has 6 heteroatoms. The number of hydrogen-bond donors (Lipinski definition) is 2. The number of nitrogens with zero attached hydrogens (tertiary/aromatic N) is 1. The Balaban J connectivity index is 1.54. The first-order valence-electron chi connectivity index (χ1n) is 8.54. The zero-order chi connectivity index (χ0) is 19.1.